The van der Waals surface area contributed by atoms with Gasteiger partial charge in [0.25, 0.3) is 5.56 Å². The molecule has 8 heteroatoms. The van der Waals surface area contributed by atoms with E-state index in [-0.39, 0.29) is 24.4 Å². The summed E-state index contributed by atoms with van der Waals surface area (Å²) in [5.74, 6) is 1.26. The summed E-state index contributed by atoms with van der Waals surface area (Å²) in [6.07, 6.45) is 5.90. The molecule has 8 nitrogen and oxygen atoms in total. The average molecular weight is 319 g/mol. The molecule has 2 heterocycles. The van der Waals surface area contributed by atoms with Crippen molar-refractivity contribution in [3.05, 3.63) is 33.3 Å². The van der Waals surface area contributed by atoms with Gasteiger partial charge in [0.1, 0.15) is 0 Å². The van der Waals surface area contributed by atoms with Gasteiger partial charge in [-0.15, -0.1) is 0 Å². The summed E-state index contributed by atoms with van der Waals surface area (Å²) in [4.78, 5) is 27.8. The first-order valence-electron chi connectivity index (χ1n) is 7.99. The lowest BCUT2D eigenvalue weighted by Gasteiger charge is -2.17. The molecule has 0 aliphatic heterocycles. The Labute approximate surface area is 133 Å². The van der Waals surface area contributed by atoms with Crippen molar-refractivity contribution in [1.82, 2.24) is 25.7 Å². The molecule has 0 aromatic carbocycles. The molecule has 2 aromatic heterocycles. The summed E-state index contributed by atoms with van der Waals surface area (Å²) in [5.41, 5.74) is 0.841. The van der Waals surface area contributed by atoms with E-state index in [4.69, 9.17) is 4.52 Å². The molecule has 23 heavy (non-hydrogen) atoms. The average Bonchev–Trinajstić information content (AvgIpc) is 3.16. The smallest absolute Gasteiger partial charge is 0.267 e. The van der Waals surface area contributed by atoms with Crippen molar-refractivity contribution in [2.45, 2.75) is 57.9 Å². The molecule has 124 valence electrons. The van der Waals surface area contributed by atoms with Crippen LogP contribution in [0, 0.1) is 6.92 Å². The molecule has 0 unspecified atom stereocenters. The van der Waals surface area contributed by atoms with Crippen molar-refractivity contribution in [2.75, 3.05) is 0 Å². The second-order valence-electron chi connectivity index (χ2n) is 6.02. The highest BCUT2D eigenvalue weighted by Crippen LogP contribution is 2.30. The second kappa shape index (κ2) is 6.80. The van der Waals surface area contributed by atoms with Crippen LogP contribution in [0.2, 0.25) is 0 Å². The molecule has 0 atom stereocenters. The van der Waals surface area contributed by atoms with Crippen molar-refractivity contribution >= 4 is 5.91 Å². The Morgan fingerprint density at radius 1 is 1.30 bits per heavy atom. The molecule has 1 saturated carbocycles. The molecule has 1 fully saturated rings. The van der Waals surface area contributed by atoms with Gasteiger partial charge >= 0.3 is 0 Å². The fourth-order valence-corrected chi connectivity index (χ4v) is 2.95. The number of aryl methyl sites for hydroxylation is 1. The quantitative estimate of drug-likeness (QED) is 0.768. The van der Waals surface area contributed by atoms with Gasteiger partial charge in [0.15, 0.2) is 5.82 Å². The van der Waals surface area contributed by atoms with Gasteiger partial charge < -0.3 is 14.9 Å². The zero-order valence-corrected chi connectivity index (χ0v) is 13.1. The maximum absolute atomic E-state index is 11.9. The summed E-state index contributed by atoms with van der Waals surface area (Å²) in [7, 11) is 0. The number of carbonyl (C=O) groups excluding carboxylic acids is 1. The Hall–Kier alpha value is -2.38. The number of nitrogens with one attached hydrogen (secondary N) is 3. The summed E-state index contributed by atoms with van der Waals surface area (Å²) in [6.45, 7) is 1.93. The predicted octanol–water partition coefficient (Wildman–Crippen LogP) is 1.30. The Morgan fingerprint density at radius 3 is 2.78 bits per heavy atom. The number of nitrogens with zero attached hydrogens (tertiary/aromatic N) is 2. The van der Waals surface area contributed by atoms with E-state index in [1.165, 1.54) is 19.3 Å². The van der Waals surface area contributed by atoms with Gasteiger partial charge in [-0.2, -0.15) is 4.98 Å². The number of aromatic amines is 2. The number of rotatable bonds is 5. The van der Waals surface area contributed by atoms with Crippen LogP contribution in [0.25, 0.3) is 0 Å². The van der Waals surface area contributed by atoms with Crippen molar-refractivity contribution in [2.24, 2.45) is 0 Å². The first-order valence-corrected chi connectivity index (χ1v) is 7.99. The number of amides is 1. The molecule has 0 bridgehead atoms. The van der Waals surface area contributed by atoms with Crippen LogP contribution in [0.3, 0.4) is 0 Å². The normalized spacial score (nSPS) is 15.7. The first-order chi connectivity index (χ1) is 11.1. The Bertz CT molecular complexity index is 724. The SMILES string of the molecule is Cc1[nH][nH]c(=O)c1CC(=O)NCc1nc(C2CCCCC2)no1. The van der Waals surface area contributed by atoms with Gasteiger partial charge in [-0.1, -0.05) is 24.4 Å². The predicted molar refractivity (Wildman–Crippen MR) is 81.8 cm³/mol. The Morgan fingerprint density at radius 2 is 2.09 bits per heavy atom. The third-order valence-corrected chi connectivity index (χ3v) is 4.32. The maximum atomic E-state index is 11.9. The molecule has 0 saturated heterocycles. The van der Waals surface area contributed by atoms with E-state index in [0.717, 1.165) is 18.7 Å². The number of carbonyl (C=O) groups is 1. The standard InChI is InChI=1S/C15H21N5O3/c1-9-11(15(22)19-18-9)7-12(21)16-8-13-17-14(20-23-13)10-5-3-2-4-6-10/h10H,2-8H2,1H3,(H,16,21)(H2,18,19,22). The van der Waals surface area contributed by atoms with Crippen molar-refractivity contribution < 1.29 is 9.32 Å². The molecule has 3 N–H and O–H groups in total. The largest absolute Gasteiger partial charge is 0.347 e. The van der Waals surface area contributed by atoms with Crippen LogP contribution in [0.4, 0.5) is 0 Å². The Kier molecular flexibility index (Phi) is 4.59. The fourth-order valence-electron chi connectivity index (χ4n) is 2.95. The lowest BCUT2D eigenvalue weighted by Crippen LogP contribution is -2.26. The third kappa shape index (κ3) is 3.69. The third-order valence-electron chi connectivity index (χ3n) is 4.32. The van der Waals surface area contributed by atoms with E-state index >= 15 is 0 Å². The monoisotopic (exact) mass is 319 g/mol. The summed E-state index contributed by atoms with van der Waals surface area (Å²) >= 11 is 0. The van der Waals surface area contributed by atoms with Gasteiger partial charge in [0, 0.05) is 17.2 Å². The molecular weight excluding hydrogens is 298 g/mol. The van der Waals surface area contributed by atoms with Crippen LogP contribution in [0.5, 0.6) is 0 Å². The molecule has 1 aliphatic carbocycles. The minimum Gasteiger partial charge on any atom is -0.347 e. The van der Waals surface area contributed by atoms with E-state index in [2.05, 4.69) is 25.7 Å². The lowest BCUT2D eigenvalue weighted by atomic mass is 9.89. The van der Waals surface area contributed by atoms with E-state index in [1.807, 2.05) is 0 Å². The van der Waals surface area contributed by atoms with E-state index in [1.54, 1.807) is 6.92 Å². The second-order valence-corrected chi connectivity index (χ2v) is 6.02. The van der Waals surface area contributed by atoms with E-state index in [9.17, 15) is 9.59 Å². The fraction of sp³-hybridized carbons (Fsp3) is 0.600. The zero-order chi connectivity index (χ0) is 16.2. The molecule has 1 amide bonds. The summed E-state index contributed by atoms with van der Waals surface area (Å²) in [6, 6.07) is 0. The Balaban J connectivity index is 1.53. The number of hydrogen-bond donors (Lipinski definition) is 3. The van der Waals surface area contributed by atoms with Crippen LogP contribution < -0.4 is 10.9 Å². The molecule has 1 aliphatic rings. The van der Waals surface area contributed by atoms with Gasteiger partial charge in [-0.3, -0.25) is 14.7 Å². The van der Waals surface area contributed by atoms with Gasteiger partial charge in [-0.25, -0.2) is 0 Å². The van der Waals surface area contributed by atoms with Crippen LogP contribution in [0.1, 0.15) is 61.0 Å². The summed E-state index contributed by atoms with van der Waals surface area (Å²) < 4.78 is 5.20. The highest BCUT2D eigenvalue weighted by atomic mass is 16.5. The molecule has 3 rings (SSSR count). The maximum Gasteiger partial charge on any atom is 0.267 e. The topological polar surface area (TPSA) is 117 Å². The van der Waals surface area contributed by atoms with E-state index < -0.39 is 0 Å². The zero-order valence-electron chi connectivity index (χ0n) is 13.1. The van der Waals surface area contributed by atoms with Crippen LogP contribution in [-0.4, -0.2) is 26.2 Å². The minimum absolute atomic E-state index is 0.0221. The number of H-pyrrole nitrogens is 2. The highest BCUT2D eigenvalue weighted by molar-refractivity contribution is 5.78. The molecular formula is C15H21N5O3. The van der Waals surface area contributed by atoms with Crippen molar-refractivity contribution in [3.63, 3.8) is 0 Å². The van der Waals surface area contributed by atoms with Gasteiger partial charge in [0.05, 0.1) is 13.0 Å². The van der Waals surface area contributed by atoms with Crippen LogP contribution in [0.15, 0.2) is 9.32 Å². The first kappa shape index (κ1) is 15.5. The molecule has 0 spiro atoms. The van der Waals surface area contributed by atoms with Gasteiger partial charge in [0.2, 0.25) is 11.8 Å². The molecule has 2 aromatic rings. The van der Waals surface area contributed by atoms with Crippen LogP contribution in [-0.2, 0) is 17.8 Å². The van der Waals surface area contributed by atoms with Gasteiger partial charge in [-0.05, 0) is 19.8 Å². The van der Waals surface area contributed by atoms with Crippen molar-refractivity contribution in [3.8, 4) is 0 Å². The summed E-state index contributed by atoms with van der Waals surface area (Å²) in [5, 5.41) is 11.9. The van der Waals surface area contributed by atoms with Crippen LogP contribution >= 0.6 is 0 Å². The number of hydrogen-bond acceptors (Lipinski definition) is 5. The molecule has 0 radical (unpaired) electrons. The number of aromatic nitrogens is 4. The van der Waals surface area contributed by atoms with Crippen molar-refractivity contribution in [1.29, 1.82) is 0 Å². The van der Waals surface area contributed by atoms with E-state index in [0.29, 0.717) is 23.1 Å². The lowest BCUT2D eigenvalue weighted by molar-refractivity contribution is -0.120. The minimum atomic E-state index is -0.268. The highest BCUT2D eigenvalue weighted by Gasteiger charge is 2.21.